The number of nitriles is 1. The smallest absolute Gasteiger partial charge is 0.475 e. The van der Waals surface area contributed by atoms with Gasteiger partial charge in [0.25, 0.3) is 0 Å². The molecule has 2 N–H and O–H groups in total. The van der Waals surface area contributed by atoms with Crippen LogP contribution in [0.15, 0.2) is 48.5 Å². The topological polar surface area (TPSA) is 132 Å². The second-order valence-corrected chi connectivity index (χ2v) is 14.7. The Morgan fingerprint density at radius 3 is 2.22 bits per heavy atom. The summed E-state index contributed by atoms with van der Waals surface area (Å²) < 4.78 is 72.5. The number of hydrogen-bond acceptors (Lipinski definition) is 8. The Morgan fingerprint density at radius 1 is 1.07 bits per heavy atom. The summed E-state index contributed by atoms with van der Waals surface area (Å²) in [5, 5.41) is 24.5. The molecule has 0 saturated carbocycles. The number of sulfone groups is 1. The minimum absolute atomic E-state index is 0.0113. The first kappa shape index (κ1) is 31.8. The Kier molecular flexibility index (Phi) is 8.22. The summed E-state index contributed by atoms with van der Waals surface area (Å²) in [4.78, 5) is 13.6. The van der Waals surface area contributed by atoms with Gasteiger partial charge >= 0.3 is 12.1 Å². The first-order chi connectivity index (χ1) is 21.8. The highest BCUT2D eigenvalue weighted by Gasteiger charge is 2.48. The van der Waals surface area contributed by atoms with Crippen molar-refractivity contribution < 1.29 is 35.9 Å². The number of benzene rings is 2. The van der Waals surface area contributed by atoms with Crippen molar-refractivity contribution in [3.63, 3.8) is 0 Å². The zero-order valence-corrected chi connectivity index (χ0v) is 25.5. The standard InChI is InChI=1S/C29H31FN6O2S.C2HF3O2/c30-26-13-20(1-2-21(26)16-31)27-15-28(32-19-29-7-10-34(11-8-29)12-9-29)33-36(27)23-5-3-22(4-6-23)35-17-25-14-24(35)18-39(25,37)38;3-2(4,5)1(6)7/h1-6,13,15,24-25H,7-12,14,17-19H2,(H,32,33);(H,6,7). The van der Waals surface area contributed by atoms with Crippen molar-refractivity contribution >= 4 is 27.3 Å². The van der Waals surface area contributed by atoms with Crippen molar-refractivity contribution in [1.29, 1.82) is 5.26 Å². The van der Waals surface area contributed by atoms with Crippen LogP contribution in [0.5, 0.6) is 0 Å². The molecule has 5 aliphatic heterocycles. The predicted octanol–water partition coefficient (Wildman–Crippen LogP) is 4.46. The summed E-state index contributed by atoms with van der Waals surface area (Å²) in [6.07, 6.45) is -0.813. The van der Waals surface area contributed by atoms with Gasteiger partial charge < -0.3 is 20.2 Å². The molecule has 10 nitrogen and oxygen atoms in total. The maximum atomic E-state index is 14.6. The molecule has 2 unspecified atom stereocenters. The summed E-state index contributed by atoms with van der Waals surface area (Å²) in [5.74, 6) is -2.35. The van der Waals surface area contributed by atoms with E-state index in [-0.39, 0.29) is 22.6 Å². The van der Waals surface area contributed by atoms with E-state index in [1.165, 1.54) is 31.4 Å². The lowest BCUT2D eigenvalue weighted by molar-refractivity contribution is -0.192. The first-order valence-corrected chi connectivity index (χ1v) is 16.6. The minimum atomic E-state index is -5.08. The Balaban J connectivity index is 0.000000480. The highest BCUT2D eigenvalue weighted by Crippen LogP contribution is 2.41. The maximum Gasteiger partial charge on any atom is 0.490 e. The summed E-state index contributed by atoms with van der Waals surface area (Å²) in [7, 11) is -2.96. The van der Waals surface area contributed by atoms with Crippen molar-refractivity contribution in [2.24, 2.45) is 5.41 Å². The Morgan fingerprint density at radius 2 is 1.70 bits per heavy atom. The fourth-order valence-corrected chi connectivity index (χ4v) is 8.90. The van der Waals surface area contributed by atoms with Crippen LogP contribution in [0.4, 0.5) is 29.1 Å². The monoisotopic (exact) mass is 660 g/mol. The Bertz CT molecular complexity index is 1770. The minimum Gasteiger partial charge on any atom is -0.475 e. The highest BCUT2D eigenvalue weighted by molar-refractivity contribution is 7.92. The van der Waals surface area contributed by atoms with E-state index in [0.717, 1.165) is 49.1 Å². The second kappa shape index (κ2) is 11.9. The molecule has 3 aromatic rings. The van der Waals surface area contributed by atoms with Gasteiger partial charge in [0.15, 0.2) is 9.84 Å². The maximum absolute atomic E-state index is 14.6. The number of halogens is 4. The molecular formula is C31H32F4N6O4S. The lowest BCUT2D eigenvalue weighted by Gasteiger charge is -2.48. The number of fused-ring (bicyclic) bond motifs is 5. The molecule has 2 atom stereocenters. The molecule has 8 rings (SSSR count). The lowest BCUT2D eigenvalue weighted by atomic mass is 9.72. The molecule has 6 heterocycles. The third-order valence-electron chi connectivity index (χ3n) is 9.59. The van der Waals surface area contributed by atoms with Crippen LogP contribution in [0.2, 0.25) is 0 Å². The zero-order valence-electron chi connectivity index (χ0n) is 24.7. The van der Waals surface area contributed by atoms with Gasteiger partial charge in [-0.1, -0.05) is 6.07 Å². The third kappa shape index (κ3) is 6.28. The van der Waals surface area contributed by atoms with Gasteiger partial charge in [-0.2, -0.15) is 18.4 Å². The van der Waals surface area contributed by atoms with E-state index >= 15 is 0 Å². The zero-order chi connectivity index (χ0) is 32.9. The number of aromatic nitrogens is 2. The van der Waals surface area contributed by atoms with Gasteiger partial charge in [0.2, 0.25) is 0 Å². The van der Waals surface area contributed by atoms with Crippen molar-refractivity contribution in [2.45, 2.75) is 43.2 Å². The predicted molar refractivity (Wildman–Crippen MR) is 162 cm³/mol. The van der Waals surface area contributed by atoms with Gasteiger partial charge in [0.05, 0.1) is 27.9 Å². The number of nitrogens with zero attached hydrogens (tertiary/aromatic N) is 5. The van der Waals surface area contributed by atoms with E-state index < -0.39 is 27.8 Å². The van der Waals surface area contributed by atoms with Crippen LogP contribution in [-0.2, 0) is 14.6 Å². The van der Waals surface area contributed by atoms with E-state index in [4.69, 9.17) is 15.0 Å². The molecule has 2 aromatic carbocycles. The van der Waals surface area contributed by atoms with E-state index in [2.05, 4.69) is 15.1 Å². The van der Waals surface area contributed by atoms with Crippen LogP contribution < -0.4 is 10.2 Å². The molecule has 46 heavy (non-hydrogen) atoms. The fourth-order valence-electron chi connectivity index (χ4n) is 6.87. The van der Waals surface area contributed by atoms with Crippen LogP contribution in [0.3, 0.4) is 0 Å². The summed E-state index contributed by atoms with van der Waals surface area (Å²) in [5.41, 5.74) is 3.51. The Labute approximate surface area is 263 Å². The molecule has 0 spiro atoms. The number of aliphatic carboxylic acids is 1. The van der Waals surface area contributed by atoms with Crippen LogP contribution in [0.25, 0.3) is 16.9 Å². The number of nitrogens with one attached hydrogen (secondary N) is 1. The van der Waals surface area contributed by atoms with Gasteiger partial charge in [-0.25, -0.2) is 22.3 Å². The molecule has 4 bridgehead atoms. The third-order valence-corrected chi connectivity index (χ3v) is 11.8. The number of carboxylic acids is 1. The fraction of sp³-hybridized carbons (Fsp3) is 0.452. The van der Waals surface area contributed by atoms with Crippen molar-refractivity contribution in [2.75, 3.05) is 48.7 Å². The molecule has 244 valence electrons. The van der Waals surface area contributed by atoms with E-state index in [1.54, 1.807) is 6.07 Å². The second-order valence-electron chi connectivity index (χ2n) is 12.4. The van der Waals surface area contributed by atoms with Crippen LogP contribution in [0, 0.1) is 22.6 Å². The molecule has 0 amide bonds. The molecule has 15 heteroatoms. The van der Waals surface area contributed by atoms with Crippen molar-refractivity contribution in [3.8, 4) is 23.0 Å². The van der Waals surface area contributed by atoms with Crippen molar-refractivity contribution in [1.82, 2.24) is 14.7 Å². The van der Waals surface area contributed by atoms with Gasteiger partial charge in [-0.05, 0) is 87.1 Å². The lowest BCUT2D eigenvalue weighted by Crippen LogP contribution is -2.50. The largest absolute Gasteiger partial charge is 0.490 e. The SMILES string of the molecule is N#Cc1ccc(-c2cc(NCC34CCN(CC3)CC4)nn2-c2ccc(N3CC4CC3CS4(=O)=O)cc2)cc1F.O=C(O)C(F)(F)F. The molecule has 0 radical (unpaired) electrons. The molecule has 5 fully saturated rings. The number of carbonyl (C=O) groups is 1. The number of hydrogen-bond donors (Lipinski definition) is 2. The molecular weight excluding hydrogens is 628 g/mol. The number of anilines is 2. The Hall–Kier alpha value is -4.16. The van der Waals surface area contributed by atoms with Crippen molar-refractivity contribution in [3.05, 3.63) is 59.9 Å². The van der Waals surface area contributed by atoms with Gasteiger partial charge in [-0.3, -0.25) is 0 Å². The molecule has 5 aliphatic rings. The number of alkyl halides is 3. The molecule has 0 aliphatic carbocycles. The number of piperidine rings is 3. The van der Waals surface area contributed by atoms with E-state index in [1.807, 2.05) is 41.1 Å². The highest BCUT2D eigenvalue weighted by atomic mass is 32.2. The summed E-state index contributed by atoms with van der Waals surface area (Å²) >= 11 is 0. The van der Waals surface area contributed by atoms with Crippen LogP contribution in [0.1, 0.15) is 31.2 Å². The van der Waals surface area contributed by atoms with Crippen LogP contribution >= 0.6 is 0 Å². The summed E-state index contributed by atoms with van der Waals surface area (Å²) in [6.45, 7) is 4.87. The number of carboxylic acid groups (broad SMARTS) is 1. The van der Waals surface area contributed by atoms with E-state index in [0.29, 0.717) is 23.9 Å². The van der Waals surface area contributed by atoms with Gasteiger partial charge in [0, 0.05) is 36.4 Å². The van der Waals surface area contributed by atoms with Crippen LogP contribution in [-0.4, -0.2) is 90.1 Å². The molecule has 1 aromatic heterocycles. The summed E-state index contributed by atoms with van der Waals surface area (Å²) in [6, 6.07) is 16.5. The average molecular weight is 661 g/mol. The molecule has 5 saturated heterocycles. The normalized spacial score (nSPS) is 25.9. The van der Waals surface area contributed by atoms with Gasteiger partial charge in [-0.15, -0.1) is 5.10 Å². The quantitative estimate of drug-likeness (QED) is 0.368. The number of rotatable bonds is 6. The van der Waals surface area contributed by atoms with Gasteiger partial charge in [0.1, 0.15) is 17.7 Å². The average Bonchev–Trinajstić information content (AvgIpc) is 3.73. The first-order valence-electron chi connectivity index (χ1n) is 14.9. The van der Waals surface area contributed by atoms with E-state index in [9.17, 15) is 31.2 Å².